The lowest BCUT2D eigenvalue weighted by atomic mass is 10.2. The van der Waals surface area contributed by atoms with Gasteiger partial charge in [-0.25, -0.2) is 4.98 Å². The maximum absolute atomic E-state index is 13.0. The van der Waals surface area contributed by atoms with Crippen molar-refractivity contribution < 1.29 is 4.79 Å². The van der Waals surface area contributed by atoms with Gasteiger partial charge in [-0.3, -0.25) is 9.89 Å². The van der Waals surface area contributed by atoms with Crippen molar-refractivity contribution in [2.45, 2.75) is 32.0 Å². The van der Waals surface area contributed by atoms with Crippen LogP contribution >= 0.6 is 11.3 Å². The predicted molar refractivity (Wildman–Crippen MR) is 105 cm³/mol. The number of nitrogens with one attached hydrogen (secondary N) is 1. The van der Waals surface area contributed by atoms with Gasteiger partial charge < -0.3 is 9.47 Å². The molecular formula is C20H19N5OS. The standard InChI is InChI=1S/C20H19N5OS/c26-20(25(16-5-6-16)10-14-7-8-27-12-14)18-9-15(22-23-18)11-24-13-21-17-3-1-2-4-19(17)24/h1-4,7-9,12-13,16H,5-6,10-11H2,(H,22,23). The van der Waals surface area contributed by atoms with E-state index in [1.807, 2.05) is 46.9 Å². The lowest BCUT2D eigenvalue weighted by molar-refractivity contribution is 0.0724. The Morgan fingerprint density at radius 3 is 3.00 bits per heavy atom. The summed E-state index contributed by atoms with van der Waals surface area (Å²) in [5, 5.41) is 11.5. The van der Waals surface area contributed by atoms with Crippen molar-refractivity contribution in [2.24, 2.45) is 0 Å². The first kappa shape index (κ1) is 16.3. The molecule has 0 bridgehead atoms. The highest BCUT2D eigenvalue weighted by molar-refractivity contribution is 7.07. The van der Waals surface area contributed by atoms with Crippen molar-refractivity contribution in [3.05, 3.63) is 70.4 Å². The number of imidazole rings is 1. The van der Waals surface area contributed by atoms with E-state index in [-0.39, 0.29) is 5.91 Å². The average Bonchev–Trinajstić information content (AvgIpc) is 3.10. The van der Waals surface area contributed by atoms with Crippen LogP contribution < -0.4 is 0 Å². The predicted octanol–water partition coefficient (Wildman–Crippen LogP) is 3.67. The van der Waals surface area contributed by atoms with Crippen molar-refractivity contribution in [3.63, 3.8) is 0 Å². The largest absolute Gasteiger partial charge is 0.330 e. The van der Waals surface area contributed by atoms with Crippen molar-refractivity contribution in [1.82, 2.24) is 24.6 Å². The number of carbonyl (C=O) groups excluding carboxylic acids is 1. The number of hydrogen-bond acceptors (Lipinski definition) is 4. The number of aromatic nitrogens is 4. The SMILES string of the molecule is O=C(c1cc(Cn2cnc3ccccc32)[nH]n1)N(Cc1ccsc1)C1CC1. The molecule has 0 aliphatic heterocycles. The van der Waals surface area contributed by atoms with Crippen LogP contribution in [0.25, 0.3) is 11.0 Å². The Morgan fingerprint density at radius 1 is 1.30 bits per heavy atom. The van der Waals surface area contributed by atoms with Gasteiger partial charge >= 0.3 is 0 Å². The van der Waals surface area contributed by atoms with Crippen LogP contribution in [0.2, 0.25) is 0 Å². The molecule has 5 rings (SSSR count). The first-order chi connectivity index (χ1) is 13.3. The number of H-pyrrole nitrogens is 1. The first-order valence-electron chi connectivity index (χ1n) is 9.04. The zero-order chi connectivity index (χ0) is 18.2. The van der Waals surface area contributed by atoms with Crippen molar-refractivity contribution in [2.75, 3.05) is 0 Å². The molecule has 1 fully saturated rings. The molecule has 0 spiro atoms. The molecule has 3 aromatic heterocycles. The highest BCUT2D eigenvalue weighted by atomic mass is 32.1. The summed E-state index contributed by atoms with van der Waals surface area (Å²) in [6.45, 7) is 1.26. The number of rotatable bonds is 6. The third-order valence-electron chi connectivity index (χ3n) is 4.90. The summed E-state index contributed by atoms with van der Waals surface area (Å²) in [6.07, 6.45) is 3.97. The van der Waals surface area contributed by atoms with Gasteiger partial charge in [0.25, 0.3) is 5.91 Å². The summed E-state index contributed by atoms with van der Waals surface area (Å²) in [4.78, 5) is 19.4. The van der Waals surface area contributed by atoms with E-state index in [4.69, 9.17) is 0 Å². The molecule has 1 aromatic carbocycles. The van der Waals surface area contributed by atoms with Crippen molar-refractivity contribution in [1.29, 1.82) is 0 Å². The number of fused-ring (bicyclic) bond motifs is 1. The Kier molecular flexibility index (Phi) is 4.01. The van der Waals surface area contributed by atoms with E-state index in [0.717, 1.165) is 29.6 Å². The second-order valence-electron chi connectivity index (χ2n) is 6.94. The van der Waals surface area contributed by atoms with Crippen LogP contribution in [-0.4, -0.2) is 36.6 Å². The fourth-order valence-electron chi connectivity index (χ4n) is 3.35. The minimum absolute atomic E-state index is 0.00156. The fourth-order valence-corrected chi connectivity index (χ4v) is 4.01. The molecule has 1 N–H and O–H groups in total. The number of thiophene rings is 1. The summed E-state index contributed by atoms with van der Waals surface area (Å²) in [6, 6.07) is 12.3. The van der Waals surface area contributed by atoms with Crippen molar-refractivity contribution in [3.8, 4) is 0 Å². The van der Waals surface area contributed by atoms with E-state index < -0.39 is 0 Å². The van der Waals surface area contributed by atoms with E-state index in [1.54, 1.807) is 11.3 Å². The van der Waals surface area contributed by atoms with Crippen LogP contribution in [-0.2, 0) is 13.1 Å². The van der Waals surface area contributed by atoms with Crippen LogP contribution in [0.15, 0.2) is 53.5 Å². The Balaban J connectivity index is 1.35. The number of carbonyl (C=O) groups is 1. The first-order valence-corrected chi connectivity index (χ1v) is 9.98. The van der Waals surface area contributed by atoms with Gasteiger partial charge in [-0.2, -0.15) is 16.4 Å². The van der Waals surface area contributed by atoms with Gasteiger partial charge in [-0.15, -0.1) is 0 Å². The van der Waals surface area contributed by atoms with E-state index in [1.165, 1.54) is 5.56 Å². The topological polar surface area (TPSA) is 66.8 Å². The molecular weight excluding hydrogens is 358 g/mol. The zero-order valence-electron chi connectivity index (χ0n) is 14.7. The molecule has 0 unspecified atom stereocenters. The molecule has 6 nitrogen and oxygen atoms in total. The van der Waals surface area contributed by atoms with Crippen LogP contribution in [0, 0.1) is 0 Å². The molecule has 136 valence electrons. The maximum atomic E-state index is 13.0. The Labute approximate surface area is 160 Å². The summed E-state index contributed by atoms with van der Waals surface area (Å²) < 4.78 is 2.06. The smallest absolute Gasteiger partial charge is 0.274 e. The van der Waals surface area contributed by atoms with E-state index in [9.17, 15) is 4.79 Å². The Bertz CT molecular complexity index is 1080. The Morgan fingerprint density at radius 2 is 2.19 bits per heavy atom. The minimum Gasteiger partial charge on any atom is -0.330 e. The number of hydrogen-bond donors (Lipinski definition) is 1. The molecule has 1 aliphatic carbocycles. The lowest BCUT2D eigenvalue weighted by Crippen LogP contribution is -2.32. The highest BCUT2D eigenvalue weighted by Crippen LogP contribution is 2.30. The van der Waals surface area contributed by atoms with Gasteiger partial charge in [0.1, 0.15) is 5.69 Å². The second-order valence-corrected chi connectivity index (χ2v) is 7.72. The molecule has 27 heavy (non-hydrogen) atoms. The van der Waals surface area contributed by atoms with Crippen molar-refractivity contribution >= 4 is 28.3 Å². The molecule has 1 amide bonds. The monoisotopic (exact) mass is 377 g/mol. The Hall–Kier alpha value is -2.93. The molecule has 0 radical (unpaired) electrons. The second kappa shape index (κ2) is 6.66. The zero-order valence-corrected chi connectivity index (χ0v) is 15.5. The molecule has 3 heterocycles. The van der Waals surface area contributed by atoms with Gasteiger partial charge in [0.05, 0.1) is 29.6 Å². The summed E-state index contributed by atoms with van der Waals surface area (Å²) in [5.41, 5.74) is 4.59. The third-order valence-corrected chi connectivity index (χ3v) is 5.63. The fraction of sp³-hybridized carbons (Fsp3) is 0.250. The van der Waals surface area contributed by atoms with E-state index >= 15 is 0 Å². The third kappa shape index (κ3) is 3.26. The summed E-state index contributed by atoms with van der Waals surface area (Å²) in [5.74, 6) is 0.00156. The lowest BCUT2D eigenvalue weighted by Gasteiger charge is -2.20. The van der Waals surface area contributed by atoms with E-state index in [0.29, 0.717) is 24.8 Å². The number of aromatic amines is 1. The molecule has 1 saturated carbocycles. The number of para-hydroxylation sites is 2. The average molecular weight is 377 g/mol. The molecule has 7 heteroatoms. The van der Waals surface area contributed by atoms with Gasteiger partial charge in [0, 0.05) is 12.6 Å². The summed E-state index contributed by atoms with van der Waals surface area (Å²) in [7, 11) is 0. The highest BCUT2D eigenvalue weighted by Gasteiger charge is 2.34. The quantitative estimate of drug-likeness (QED) is 0.557. The van der Waals surface area contributed by atoms with Gasteiger partial charge in [-0.05, 0) is 53.4 Å². The number of amides is 1. The molecule has 0 atom stereocenters. The van der Waals surface area contributed by atoms with E-state index in [2.05, 4.69) is 31.2 Å². The van der Waals surface area contributed by atoms with Gasteiger partial charge in [0.15, 0.2) is 0 Å². The van der Waals surface area contributed by atoms with Crippen LogP contribution in [0.5, 0.6) is 0 Å². The molecule has 4 aromatic rings. The van der Waals surface area contributed by atoms with Crippen LogP contribution in [0.4, 0.5) is 0 Å². The van der Waals surface area contributed by atoms with Gasteiger partial charge in [-0.1, -0.05) is 12.1 Å². The molecule has 0 saturated heterocycles. The number of nitrogens with zero attached hydrogens (tertiary/aromatic N) is 4. The van der Waals surface area contributed by atoms with Crippen LogP contribution in [0.3, 0.4) is 0 Å². The normalized spacial score (nSPS) is 13.9. The number of benzene rings is 1. The maximum Gasteiger partial charge on any atom is 0.274 e. The summed E-state index contributed by atoms with van der Waals surface area (Å²) >= 11 is 1.66. The molecule has 1 aliphatic rings. The minimum atomic E-state index is 0.00156. The van der Waals surface area contributed by atoms with Crippen LogP contribution in [0.1, 0.15) is 34.6 Å². The van der Waals surface area contributed by atoms with Gasteiger partial charge in [0.2, 0.25) is 0 Å².